The molecule has 0 aliphatic carbocycles. The highest BCUT2D eigenvalue weighted by atomic mass is 127. The number of halogens is 1. The molecule has 1 heterocycles. The van der Waals surface area contributed by atoms with Crippen LogP contribution in [0, 0.1) is 2.88 Å². The van der Waals surface area contributed by atoms with Crippen LogP contribution in [-0.2, 0) is 6.42 Å². The molecule has 1 aromatic carbocycles. The summed E-state index contributed by atoms with van der Waals surface area (Å²) in [6, 6.07) is 10.3. The lowest BCUT2D eigenvalue weighted by Gasteiger charge is -2.16. The van der Waals surface area contributed by atoms with Gasteiger partial charge in [-0.25, -0.2) is 0 Å². The van der Waals surface area contributed by atoms with Crippen molar-refractivity contribution in [3.63, 3.8) is 0 Å². The number of hydrogen-bond acceptors (Lipinski definition) is 4. The zero-order valence-electron chi connectivity index (χ0n) is 10.0. The Hall–Kier alpha value is -0.630. The van der Waals surface area contributed by atoms with E-state index < -0.39 is 0 Å². The third-order valence-electron chi connectivity index (χ3n) is 2.81. The number of methoxy groups -OCH3 is 1. The minimum atomic E-state index is 0.112. The highest BCUT2D eigenvalue weighted by molar-refractivity contribution is 14.1. The van der Waals surface area contributed by atoms with E-state index in [-0.39, 0.29) is 6.04 Å². The molecule has 0 fully saturated rings. The minimum absolute atomic E-state index is 0.112. The van der Waals surface area contributed by atoms with E-state index in [1.165, 1.54) is 8.45 Å². The Labute approximate surface area is 124 Å². The third kappa shape index (κ3) is 3.23. The monoisotopic (exact) mass is 374 g/mol. The topological polar surface area (TPSA) is 47.3 Å². The number of rotatable bonds is 5. The SMILES string of the molecule is COc1ccccc1CC(NN)c1csc(I)c1. The fraction of sp³-hybridized carbons (Fsp3) is 0.231. The van der Waals surface area contributed by atoms with E-state index >= 15 is 0 Å². The van der Waals surface area contributed by atoms with Gasteiger partial charge < -0.3 is 4.74 Å². The lowest BCUT2D eigenvalue weighted by molar-refractivity contribution is 0.405. The van der Waals surface area contributed by atoms with Crippen LogP contribution in [0.3, 0.4) is 0 Å². The van der Waals surface area contributed by atoms with Crippen molar-refractivity contribution in [1.29, 1.82) is 0 Å². The summed E-state index contributed by atoms with van der Waals surface area (Å²) in [6.45, 7) is 0. The molecular formula is C13H15IN2OS. The molecule has 1 unspecified atom stereocenters. The zero-order valence-corrected chi connectivity index (χ0v) is 13.0. The van der Waals surface area contributed by atoms with Crippen LogP contribution in [0.2, 0.25) is 0 Å². The summed E-state index contributed by atoms with van der Waals surface area (Å²) < 4.78 is 6.63. The molecule has 2 aromatic rings. The first-order valence-electron chi connectivity index (χ1n) is 5.56. The second-order valence-electron chi connectivity index (χ2n) is 3.92. The predicted octanol–water partition coefficient (Wildman–Crippen LogP) is 3.11. The van der Waals surface area contributed by atoms with Gasteiger partial charge in [-0.2, -0.15) is 0 Å². The van der Waals surface area contributed by atoms with Gasteiger partial charge in [0.1, 0.15) is 5.75 Å². The van der Waals surface area contributed by atoms with Gasteiger partial charge in [-0.1, -0.05) is 18.2 Å². The van der Waals surface area contributed by atoms with Gasteiger partial charge in [-0.15, -0.1) is 11.3 Å². The molecule has 0 bridgehead atoms. The predicted molar refractivity (Wildman–Crippen MR) is 83.8 cm³/mol. The zero-order chi connectivity index (χ0) is 13.0. The molecule has 0 aliphatic rings. The largest absolute Gasteiger partial charge is 0.496 e. The number of hydrogen-bond donors (Lipinski definition) is 2. The first-order valence-corrected chi connectivity index (χ1v) is 7.52. The summed E-state index contributed by atoms with van der Waals surface area (Å²) in [5.41, 5.74) is 5.26. The van der Waals surface area contributed by atoms with Crippen LogP contribution in [0.15, 0.2) is 35.7 Å². The maximum Gasteiger partial charge on any atom is 0.122 e. The molecule has 3 nitrogen and oxygen atoms in total. The van der Waals surface area contributed by atoms with Crippen LogP contribution in [0.25, 0.3) is 0 Å². The summed E-state index contributed by atoms with van der Waals surface area (Å²) in [7, 11) is 1.69. The molecule has 0 radical (unpaired) electrons. The van der Waals surface area contributed by atoms with Crippen LogP contribution in [0.4, 0.5) is 0 Å². The molecule has 18 heavy (non-hydrogen) atoms. The molecule has 5 heteroatoms. The molecule has 1 atom stereocenters. The number of nitrogens with one attached hydrogen (secondary N) is 1. The Bertz CT molecular complexity index is 515. The summed E-state index contributed by atoms with van der Waals surface area (Å²) in [5.74, 6) is 6.57. The van der Waals surface area contributed by atoms with Crippen LogP contribution < -0.4 is 16.0 Å². The van der Waals surface area contributed by atoms with E-state index in [0.717, 1.165) is 17.7 Å². The first-order chi connectivity index (χ1) is 8.74. The van der Waals surface area contributed by atoms with Gasteiger partial charge in [0.05, 0.1) is 16.0 Å². The molecule has 0 aliphatic heterocycles. The second-order valence-corrected chi connectivity index (χ2v) is 6.72. The van der Waals surface area contributed by atoms with Crippen LogP contribution in [0.1, 0.15) is 17.2 Å². The molecule has 2 rings (SSSR count). The molecular weight excluding hydrogens is 359 g/mol. The van der Waals surface area contributed by atoms with Gasteiger partial charge >= 0.3 is 0 Å². The highest BCUT2D eigenvalue weighted by Crippen LogP contribution is 2.27. The van der Waals surface area contributed by atoms with Gasteiger partial charge in [0.15, 0.2) is 0 Å². The smallest absolute Gasteiger partial charge is 0.122 e. The highest BCUT2D eigenvalue weighted by Gasteiger charge is 2.14. The van der Waals surface area contributed by atoms with E-state index in [1.807, 2.05) is 18.2 Å². The average Bonchev–Trinajstić information content (AvgIpc) is 2.83. The van der Waals surface area contributed by atoms with Crippen LogP contribution in [-0.4, -0.2) is 7.11 Å². The van der Waals surface area contributed by atoms with Crippen molar-refractivity contribution in [2.75, 3.05) is 7.11 Å². The van der Waals surface area contributed by atoms with Crippen molar-refractivity contribution in [2.45, 2.75) is 12.5 Å². The van der Waals surface area contributed by atoms with Gasteiger partial charge in [0.2, 0.25) is 0 Å². The van der Waals surface area contributed by atoms with Gasteiger partial charge in [-0.05, 0) is 57.7 Å². The van der Waals surface area contributed by atoms with E-state index in [2.05, 4.69) is 45.5 Å². The van der Waals surface area contributed by atoms with E-state index in [9.17, 15) is 0 Å². The number of benzene rings is 1. The maximum absolute atomic E-state index is 5.66. The Balaban J connectivity index is 2.20. The molecule has 96 valence electrons. The summed E-state index contributed by atoms with van der Waals surface area (Å²) >= 11 is 4.05. The normalized spacial score (nSPS) is 12.4. The standard InChI is InChI=1S/C13H15IN2OS/c1-17-12-5-3-2-4-9(12)6-11(16-15)10-7-13(14)18-8-10/h2-5,7-8,11,16H,6,15H2,1H3. The van der Waals surface area contributed by atoms with Crippen molar-refractivity contribution in [3.05, 3.63) is 49.7 Å². The Morgan fingerprint density at radius 3 is 2.83 bits per heavy atom. The number of ether oxygens (including phenoxy) is 1. The minimum Gasteiger partial charge on any atom is -0.496 e. The van der Waals surface area contributed by atoms with Gasteiger partial charge in [0, 0.05) is 0 Å². The molecule has 0 spiro atoms. The van der Waals surface area contributed by atoms with Crippen LogP contribution >= 0.6 is 33.9 Å². The fourth-order valence-electron chi connectivity index (χ4n) is 1.87. The van der Waals surface area contributed by atoms with E-state index in [1.54, 1.807) is 18.4 Å². The molecule has 1 aromatic heterocycles. The second kappa shape index (κ2) is 6.51. The molecule has 0 amide bonds. The molecule has 3 N–H and O–H groups in total. The van der Waals surface area contributed by atoms with Gasteiger partial charge in [0.25, 0.3) is 0 Å². The van der Waals surface area contributed by atoms with Crippen LogP contribution in [0.5, 0.6) is 5.75 Å². The van der Waals surface area contributed by atoms with Crippen molar-refractivity contribution < 1.29 is 4.74 Å². The number of thiophene rings is 1. The first kappa shape index (κ1) is 13.8. The number of para-hydroxylation sites is 1. The summed E-state index contributed by atoms with van der Waals surface area (Å²) in [4.78, 5) is 0. The summed E-state index contributed by atoms with van der Waals surface area (Å²) in [5, 5.41) is 2.14. The maximum atomic E-state index is 5.66. The van der Waals surface area contributed by atoms with Crippen molar-refractivity contribution >= 4 is 33.9 Å². The van der Waals surface area contributed by atoms with E-state index in [4.69, 9.17) is 10.6 Å². The summed E-state index contributed by atoms with van der Waals surface area (Å²) in [6.07, 6.45) is 0.813. The Kier molecular flexibility index (Phi) is 4.99. The molecule has 0 saturated carbocycles. The number of nitrogens with two attached hydrogens (primary N) is 1. The van der Waals surface area contributed by atoms with Crippen molar-refractivity contribution in [3.8, 4) is 5.75 Å². The third-order valence-corrected chi connectivity index (χ3v) is 4.62. The quantitative estimate of drug-likeness (QED) is 0.480. The number of hydrazine groups is 1. The average molecular weight is 374 g/mol. The van der Waals surface area contributed by atoms with Gasteiger partial charge in [-0.3, -0.25) is 11.3 Å². The fourth-order valence-corrected chi connectivity index (χ4v) is 3.30. The lowest BCUT2D eigenvalue weighted by Crippen LogP contribution is -2.29. The van der Waals surface area contributed by atoms with E-state index in [0.29, 0.717) is 0 Å². The van der Waals surface area contributed by atoms with Crippen molar-refractivity contribution in [1.82, 2.24) is 5.43 Å². The van der Waals surface area contributed by atoms with Crippen molar-refractivity contribution in [2.24, 2.45) is 5.84 Å². The molecule has 0 saturated heterocycles. The Morgan fingerprint density at radius 1 is 1.44 bits per heavy atom. The Morgan fingerprint density at radius 2 is 2.22 bits per heavy atom. The lowest BCUT2D eigenvalue weighted by atomic mass is 10.0.